The summed E-state index contributed by atoms with van der Waals surface area (Å²) < 4.78 is 3.98. The van der Waals surface area contributed by atoms with Crippen molar-refractivity contribution >= 4 is 34.3 Å². The van der Waals surface area contributed by atoms with Gasteiger partial charge in [-0.2, -0.15) is 5.10 Å². The molecule has 0 amide bonds. The molecule has 1 aliphatic heterocycles. The highest BCUT2D eigenvalue weighted by molar-refractivity contribution is 7.13. The van der Waals surface area contributed by atoms with Crippen molar-refractivity contribution in [3.05, 3.63) is 83.9 Å². The molecule has 0 saturated carbocycles. The smallest absolute Gasteiger partial charge is 0.212 e. The molecule has 30 heavy (non-hydrogen) atoms. The summed E-state index contributed by atoms with van der Waals surface area (Å²) in [6.07, 6.45) is 1.67. The minimum atomic E-state index is -0.372. The van der Waals surface area contributed by atoms with E-state index in [9.17, 15) is 0 Å². The summed E-state index contributed by atoms with van der Waals surface area (Å²) in [5.41, 5.74) is 10.9. The summed E-state index contributed by atoms with van der Waals surface area (Å²) in [7, 11) is 0. The molecule has 0 unspecified atom stereocenters. The fraction of sp³-hybridized carbons (Fsp3) is 0.0455. The van der Waals surface area contributed by atoms with Crippen molar-refractivity contribution in [1.29, 1.82) is 0 Å². The van der Waals surface area contributed by atoms with Crippen LogP contribution in [0.3, 0.4) is 0 Å². The number of nitrogens with two attached hydrogens (primary N) is 1. The number of fused-ring (bicyclic) bond motifs is 3. The lowest BCUT2D eigenvalue weighted by Gasteiger charge is -2.23. The van der Waals surface area contributed by atoms with Crippen molar-refractivity contribution in [1.82, 2.24) is 19.3 Å². The van der Waals surface area contributed by atoms with Crippen LogP contribution in [-0.2, 0) is 0 Å². The zero-order valence-electron chi connectivity index (χ0n) is 15.8. The highest BCUT2D eigenvalue weighted by Gasteiger charge is 2.29. The van der Waals surface area contributed by atoms with Crippen molar-refractivity contribution in [3.63, 3.8) is 0 Å². The second kappa shape index (κ2) is 6.57. The van der Waals surface area contributed by atoms with E-state index >= 15 is 0 Å². The average Bonchev–Trinajstić information content (AvgIpc) is 3.51. The summed E-state index contributed by atoms with van der Waals surface area (Å²) in [6.45, 7) is 0. The van der Waals surface area contributed by atoms with Crippen LogP contribution in [-0.4, -0.2) is 25.3 Å². The monoisotopic (exact) mass is 411 g/mol. The third-order valence-electron chi connectivity index (χ3n) is 5.14. The molecule has 1 atom stereocenters. The molecule has 6 rings (SSSR count). The van der Waals surface area contributed by atoms with Gasteiger partial charge in [-0.3, -0.25) is 9.88 Å². The lowest BCUT2D eigenvalue weighted by atomic mass is 10.1. The van der Waals surface area contributed by atoms with Crippen LogP contribution >= 0.6 is 11.3 Å². The third kappa shape index (κ3) is 2.61. The lowest BCUT2D eigenvalue weighted by molar-refractivity contribution is 0.627. The van der Waals surface area contributed by atoms with E-state index in [-0.39, 0.29) is 6.17 Å². The number of nitrogens with zero attached hydrogens (tertiary/aromatic N) is 5. The van der Waals surface area contributed by atoms with Crippen LogP contribution in [0.1, 0.15) is 11.7 Å². The van der Waals surface area contributed by atoms with Crippen LogP contribution < -0.4 is 11.1 Å². The number of para-hydroxylation sites is 3. The molecule has 4 heterocycles. The van der Waals surface area contributed by atoms with Gasteiger partial charge in [-0.1, -0.05) is 36.4 Å². The number of aliphatic imine (C=N–C) groups is 1. The molecule has 0 aliphatic carbocycles. The van der Waals surface area contributed by atoms with Crippen LogP contribution in [0.2, 0.25) is 0 Å². The Labute approximate surface area is 176 Å². The summed E-state index contributed by atoms with van der Waals surface area (Å²) >= 11 is 1.65. The first-order chi connectivity index (χ1) is 14.8. The van der Waals surface area contributed by atoms with Crippen molar-refractivity contribution in [3.8, 4) is 16.3 Å². The Hall–Kier alpha value is -3.91. The molecule has 0 spiro atoms. The predicted octanol–water partition coefficient (Wildman–Crippen LogP) is 4.24. The molecule has 8 heteroatoms. The zero-order chi connectivity index (χ0) is 20.1. The summed E-state index contributed by atoms with van der Waals surface area (Å²) in [5.74, 6) is 1.02. The Balaban J connectivity index is 1.60. The maximum atomic E-state index is 6.15. The molecule has 7 nitrogen and oxygen atoms in total. The van der Waals surface area contributed by atoms with Crippen LogP contribution in [0.15, 0.2) is 83.3 Å². The molecule has 0 fully saturated rings. The number of benzene rings is 2. The summed E-state index contributed by atoms with van der Waals surface area (Å²) in [6, 6.07) is 22.2. The largest absolute Gasteiger partial charge is 0.370 e. The number of imidazole rings is 1. The van der Waals surface area contributed by atoms with E-state index in [1.54, 1.807) is 11.3 Å². The molecule has 5 aromatic rings. The summed E-state index contributed by atoms with van der Waals surface area (Å²) in [5, 5.41) is 10.1. The number of anilines is 1. The topological polar surface area (TPSA) is 86.0 Å². The number of aromatic nitrogens is 4. The number of thiophene rings is 1. The molecule has 0 bridgehead atoms. The maximum absolute atomic E-state index is 6.15. The standard InChI is InChI=1S/C22H17N7S/c23-21-25-20(29-17-10-5-4-9-16(17)24-22(29)26-21)15-13-28(14-7-2-1-3-8-14)27-19(15)18-11-6-12-30-18/h1-13,20H,(H3,23,24,25,26)/t20-/m1/s1. The Morgan fingerprint density at radius 3 is 2.63 bits per heavy atom. The maximum Gasteiger partial charge on any atom is 0.212 e. The van der Waals surface area contributed by atoms with E-state index in [0.717, 1.165) is 32.9 Å². The first-order valence-electron chi connectivity index (χ1n) is 9.54. The molecule has 3 aromatic heterocycles. The van der Waals surface area contributed by atoms with Crippen molar-refractivity contribution in [2.75, 3.05) is 5.32 Å². The fourth-order valence-electron chi connectivity index (χ4n) is 3.82. The van der Waals surface area contributed by atoms with Crippen molar-refractivity contribution in [2.45, 2.75) is 6.17 Å². The van der Waals surface area contributed by atoms with E-state index in [1.165, 1.54) is 0 Å². The van der Waals surface area contributed by atoms with Crippen LogP contribution in [0.4, 0.5) is 5.95 Å². The molecule has 0 saturated heterocycles. The molecular weight excluding hydrogens is 394 g/mol. The number of hydrogen-bond donors (Lipinski definition) is 2. The normalized spacial score (nSPS) is 15.6. The van der Waals surface area contributed by atoms with Gasteiger partial charge in [-0.25, -0.2) is 14.7 Å². The number of rotatable bonds is 3. The predicted molar refractivity (Wildman–Crippen MR) is 120 cm³/mol. The third-order valence-corrected chi connectivity index (χ3v) is 6.01. The molecular formula is C22H17N7S. The Morgan fingerprint density at radius 2 is 1.80 bits per heavy atom. The Morgan fingerprint density at radius 1 is 0.967 bits per heavy atom. The van der Waals surface area contributed by atoms with Gasteiger partial charge in [0.25, 0.3) is 0 Å². The van der Waals surface area contributed by atoms with Gasteiger partial charge in [0, 0.05) is 11.8 Å². The van der Waals surface area contributed by atoms with E-state index in [2.05, 4.69) is 21.3 Å². The zero-order valence-corrected chi connectivity index (χ0v) is 16.6. The van der Waals surface area contributed by atoms with Crippen LogP contribution in [0.5, 0.6) is 0 Å². The van der Waals surface area contributed by atoms with Gasteiger partial charge in [0.2, 0.25) is 5.95 Å². The van der Waals surface area contributed by atoms with E-state index < -0.39 is 0 Å². The van der Waals surface area contributed by atoms with Gasteiger partial charge in [0.15, 0.2) is 12.1 Å². The molecule has 2 aromatic carbocycles. The number of hydrogen-bond acceptors (Lipinski definition) is 6. The Bertz CT molecular complexity index is 1380. The van der Waals surface area contributed by atoms with Gasteiger partial charge < -0.3 is 5.73 Å². The second-order valence-corrected chi connectivity index (χ2v) is 7.95. The quantitative estimate of drug-likeness (QED) is 0.465. The average molecular weight is 411 g/mol. The first-order valence-corrected chi connectivity index (χ1v) is 10.4. The van der Waals surface area contributed by atoms with Crippen molar-refractivity contribution in [2.24, 2.45) is 10.7 Å². The minimum Gasteiger partial charge on any atom is -0.370 e. The van der Waals surface area contributed by atoms with Crippen LogP contribution in [0.25, 0.3) is 27.3 Å². The van der Waals surface area contributed by atoms with Gasteiger partial charge in [0.05, 0.1) is 21.6 Å². The van der Waals surface area contributed by atoms with E-state index in [4.69, 9.17) is 20.8 Å². The van der Waals surface area contributed by atoms with Crippen molar-refractivity contribution < 1.29 is 0 Å². The highest BCUT2D eigenvalue weighted by Crippen LogP contribution is 2.38. The lowest BCUT2D eigenvalue weighted by Crippen LogP contribution is -2.31. The minimum absolute atomic E-state index is 0.340. The fourth-order valence-corrected chi connectivity index (χ4v) is 4.55. The van der Waals surface area contributed by atoms with Gasteiger partial charge in [-0.05, 0) is 35.7 Å². The molecule has 3 N–H and O–H groups in total. The van der Waals surface area contributed by atoms with Gasteiger partial charge in [-0.15, -0.1) is 11.3 Å². The number of guanidine groups is 1. The molecule has 146 valence electrons. The second-order valence-electron chi connectivity index (χ2n) is 7.00. The van der Waals surface area contributed by atoms with E-state index in [0.29, 0.717) is 11.9 Å². The highest BCUT2D eigenvalue weighted by atomic mass is 32.1. The molecule has 1 aliphatic rings. The van der Waals surface area contributed by atoms with Crippen LogP contribution in [0, 0.1) is 0 Å². The number of nitrogens with one attached hydrogen (secondary N) is 1. The Kier molecular flexibility index (Phi) is 3.72. The van der Waals surface area contributed by atoms with Gasteiger partial charge >= 0.3 is 0 Å². The molecule has 0 radical (unpaired) electrons. The summed E-state index contributed by atoms with van der Waals surface area (Å²) in [4.78, 5) is 10.5. The van der Waals surface area contributed by atoms with Gasteiger partial charge in [0.1, 0.15) is 5.69 Å². The SMILES string of the molecule is NC1=N[C@@H](c2cn(-c3ccccc3)nc2-c2cccs2)n2c(nc3ccccc32)N1. The van der Waals surface area contributed by atoms with E-state index in [1.807, 2.05) is 71.5 Å². The first kappa shape index (κ1) is 17.0.